The number of phenols is 1. The van der Waals surface area contributed by atoms with Crippen LogP contribution >= 0.6 is 11.6 Å². The maximum atomic E-state index is 9.52. The lowest BCUT2D eigenvalue weighted by molar-refractivity contribution is 0.297. The average Bonchev–Trinajstić information content (AvgIpc) is 2.59. The maximum Gasteiger partial charge on any atom is 0.120 e. The predicted molar refractivity (Wildman–Crippen MR) is 94.7 cm³/mol. The van der Waals surface area contributed by atoms with E-state index in [4.69, 9.17) is 21.1 Å². The quantitative estimate of drug-likeness (QED) is 0.670. The molecule has 0 heterocycles. The van der Waals surface area contributed by atoms with E-state index in [1.165, 1.54) is 6.07 Å². The number of hydrogen-bond acceptors (Lipinski definition) is 3. The van der Waals surface area contributed by atoms with Gasteiger partial charge in [0.25, 0.3) is 0 Å². The molecule has 0 atom stereocenters. The first-order valence-corrected chi connectivity index (χ1v) is 7.95. The van der Waals surface area contributed by atoms with E-state index in [1.807, 2.05) is 54.6 Å². The highest BCUT2D eigenvalue weighted by Gasteiger charge is 2.01. The lowest BCUT2D eigenvalue weighted by atomic mass is 10.2. The van der Waals surface area contributed by atoms with Crippen molar-refractivity contribution in [2.75, 3.05) is 0 Å². The molecule has 0 fully saturated rings. The number of halogens is 1. The van der Waals surface area contributed by atoms with Crippen molar-refractivity contribution < 1.29 is 14.6 Å². The zero-order valence-electron chi connectivity index (χ0n) is 13.0. The summed E-state index contributed by atoms with van der Waals surface area (Å²) in [6.45, 7) is 0.862. The van der Waals surface area contributed by atoms with Crippen molar-refractivity contribution in [2.45, 2.75) is 13.2 Å². The van der Waals surface area contributed by atoms with Gasteiger partial charge in [-0.3, -0.25) is 0 Å². The Morgan fingerprint density at radius 2 is 1.29 bits per heavy atom. The van der Waals surface area contributed by atoms with Gasteiger partial charge in [-0.1, -0.05) is 41.9 Å². The summed E-state index contributed by atoms with van der Waals surface area (Å²) in [6, 6.07) is 22.3. The Balaban J connectivity index is 1.54. The molecule has 4 heteroatoms. The Morgan fingerprint density at radius 1 is 0.708 bits per heavy atom. The largest absolute Gasteiger partial charge is 0.508 e. The van der Waals surface area contributed by atoms with Gasteiger partial charge in [0.1, 0.15) is 30.5 Å². The van der Waals surface area contributed by atoms with Gasteiger partial charge in [-0.2, -0.15) is 0 Å². The molecule has 0 aliphatic heterocycles. The zero-order valence-corrected chi connectivity index (χ0v) is 13.7. The van der Waals surface area contributed by atoms with Crippen molar-refractivity contribution in [3.63, 3.8) is 0 Å². The summed E-state index contributed by atoms with van der Waals surface area (Å²) >= 11 is 5.91. The van der Waals surface area contributed by atoms with Crippen molar-refractivity contribution >= 4 is 11.6 Å². The summed E-state index contributed by atoms with van der Waals surface area (Å²) < 4.78 is 11.4. The van der Waals surface area contributed by atoms with Crippen LogP contribution in [0.1, 0.15) is 11.1 Å². The van der Waals surface area contributed by atoms with Crippen LogP contribution in [0.2, 0.25) is 5.02 Å². The molecule has 0 bridgehead atoms. The molecule has 3 aromatic rings. The van der Waals surface area contributed by atoms with Gasteiger partial charge in [0.2, 0.25) is 0 Å². The van der Waals surface area contributed by atoms with Crippen LogP contribution in [0.5, 0.6) is 17.2 Å². The predicted octanol–water partition coefficient (Wildman–Crippen LogP) is 5.20. The second-order valence-corrected chi connectivity index (χ2v) is 5.79. The number of hydrogen-bond donors (Lipinski definition) is 1. The normalized spacial score (nSPS) is 10.4. The molecule has 122 valence electrons. The molecule has 0 unspecified atom stereocenters. The lowest BCUT2D eigenvalue weighted by Crippen LogP contribution is -1.97. The number of phenolic OH excluding ortho intramolecular Hbond substituents is 1. The molecule has 0 aliphatic carbocycles. The van der Waals surface area contributed by atoms with Crippen molar-refractivity contribution in [3.05, 3.63) is 88.9 Å². The first kappa shape index (κ1) is 16.2. The fraction of sp³-hybridized carbons (Fsp3) is 0.100. The summed E-state index contributed by atoms with van der Waals surface area (Å²) in [6.07, 6.45) is 0. The fourth-order valence-corrected chi connectivity index (χ4v) is 2.51. The monoisotopic (exact) mass is 340 g/mol. The van der Waals surface area contributed by atoms with Gasteiger partial charge in [0, 0.05) is 5.02 Å². The van der Waals surface area contributed by atoms with Gasteiger partial charge in [-0.15, -0.1) is 0 Å². The van der Waals surface area contributed by atoms with Crippen molar-refractivity contribution in [2.24, 2.45) is 0 Å². The third-order valence-corrected chi connectivity index (χ3v) is 3.64. The first-order valence-electron chi connectivity index (χ1n) is 7.57. The molecule has 0 amide bonds. The van der Waals surface area contributed by atoms with Crippen LogP contribution < -0.4 is 9.47 Å². The van der Waals surface area contributed by atoms with Crippen LogP contribution in [-0.2, 0) is 13.2 Å². The van der Waals surface area contributed by atoms with Gasteiger partial charge in [-0.25, -0.2) is 0 Å². The lowest BCUT2D eigenvalue weighted by Gasteiger charge is -2.09. The van der Waals surface area contributed by atoms with E-state index in [0.29, 0.717) is 18.2 Å². The van der Waals surface area contributed by atoms with Crippen LogP contribution in [0.15, 0.2) is 72.8 Å². The standard InChI is InChI=1S/C20H17ClO3/c21-17-10-16(11-18(22)12-17)14-24-20-8-6-19(7-9-20)23-13-15-4-2-1-3-5-15/h1-12,22H,13-14H2. The molecule has 0 saturated heterocycles. The molecule has 3 aromatic carbocycles. The summed E-state index contributed by atoms with van der Waals surface area (Å²) in [4.78, 5) is 0. The summed E-state index contributed by atoms with van der Waals surface area (Å²) in [7, 11) is 0. The number of rotatable bonds is 6. The Bertz CT molecular complexity index is 765. The van der Waals surface area contributed by atoms with Crippen molar-refractivity contribution in [1.82, 2.24) is 0 Å². The molecular formula is C20H17ClO3. The van der Waals surface area contributed by atoms with Crippen LogP contribution in [0, 0.1) is 0 Å². The second-order valence-electron chi connectivity index (χ2n) is 5.35. The van der Waals surface area contributed by atoms with Gasteiger partial charge in [0.05, 0.1) is 0 Å². The van der Waals surface area contributed by atoms with Crippen molar-refractivity contribution in [1.29, 1.82) is 0 Å². The topological polar surface area (TPSA) is 38.7 Å². The summed E-state index contributed by atoms with van der Waals surface area (Å²) in [5, 5.41) is 10.0. The maximum absolute atomic E-state index is 9.52. The van der Waals surface area contributed by atoms with Crippen LogP contribution in [0.3, 0.4) is 0 Å². The highest BCUT2D eigenvalue weighted by atomic mass is 35.5. The molecule has 3 rings (SSSR count). The molecule has 3 nitrogen and oxygen atoms in total. The molecule has 0 aromatic heterocycles. The van der Waals surface area contributed by atoms with Gasteiger partial charge in [-0.05, 0) is 53.6 Å². The number of ether oxygens (including phenoxy) is 2. The molecule has 0 spiro atoms. The number of benzene rings is 3. The zero-order chi connectivity index (χ0) is 16.8. The minimum Gasteiger partial charge on any atom is -0.508 e. The van der Waals surface area contributed by atoms with E-state index in [-0.39, 0.29) is 5.75 Å². The van der Waals surface area contributed by atoms with E-state index >= 15 is 0 Å². The van der Waals surface area contributed by atoms with Crippen LogP contribution in [0.25, 0.3) is 0 Å². The van der Waals surface area contributed by atoms with E-state index in [9.17, 15) is 5.11 Å². The van der Waals surface area contributed by atoms with Crippen molar-refractivity contribution in [3.8, 4) is 17.2 Å². The van der Waals surface area contributed by atoms with E-state index in [1.54, 1.807) is 12.1 Å². The Kier molecular flexibility index (Phi) is 5.24. The molecule has 24 heavy (non-hydrogen) atoms. The van der Waals surface area contributed by atoms with Crippen LogP contribution in [0.4, 0.5) is 0 Å². The first-order chi connectivity index (χ1) is 11.7. The highest BCUT2D eigenvalue weighted by molar-refractivity contribution is 6.30. The summed E-state index contributed by atoms with van der Waals surface area (Å²) in [5.41, 5.74) is 1.93. The molecule has 0 radical (unpaired) electrons. The Morgan fingerprint density at radius 3 is 1.88 bits per heavy atom. The molecule has 1 N–H and O–H groups in total. The minimum absolute atomic E-state index is 0.130. The summed E-state index contributed by atoms with van der Waals surface area (Å²) in [5.74, 6) is 1.64. The molecular weight excluding hydrogens is 324 g/mol. The third kappa shape index (κ3) is 4.67. The van der Waals surface area contributed by atoms with E-state index in [2.05, 4.69) is 0 Å². The molecule has 0 saturated carbocycles. The minimum atomic E-state index is 0.130. The van der Waals surface area contributed by atoms with E-state index in [0.717, 1.165) is 22.6 Å². The van der Waals surface area contributed by atoms with Gasteiger partial charge >= 0.3 is 0 Å². The Labute approximate surface area is 146 Å². The third-order valence-electron chi connectivity index (χ3n) is 3.42. The smallest absolute Gasteiger partial charge is 0.120 e. The second kappa shape index (κ2) is 7.75. The SMILES string of the molecule is Oc1cc(Cl)cc(COc2ccc(OCc3ccccc3)cc2)c1. The Hall–Kier alpha value is -2.65. The highest BCUT2D eigenvalue weighted by Crippen LogP contribution is 2.23. The average molecular weight is 341 g/mol. The molecule has 0 aliphatic rings. The van der Waals surface area contributed by atoms with Gasteiger partial charge in [0.15, 0.2) is 0 Å². The van der Waals surface area contributed by atoms with Gasteiger partial charge < -0.3 is 14.6 Å². The van der Waals surface area contributed by atoms with E-state index < -0.39 is 0 Å². The fourth-order valence-electron chi connectivity index (χ4n) is 2.26. The number of aromatic hydroxyl groups is 1. The van der Waals surface area contributed by atoms with Crippen LogP contribution in [-0.4, -0.2) is 5.11 Å².